The molecule has 37 heavy (non-hydrogen) atoms. The molecular weight excluding hydrogens is 555 g/mol. The average molecular weight is 570 g/mol. The van der Waals surface area contributed by atoms with Gasteiger partial charge in [-0.3, -0.25) is 10.1 Å². The zero-order valence-corrected chi connectivity index (χ0v) is 21.8. The largest absolute Gasteiger partial charge is 0.457 e. The van der Waals surface area contributed by atoms with E-state index in [0.717, 1.165) is 0 Å². The maximum Gasteiger partial charge on any atom is 0.250 e. The summed E-state index contributed by atoms with van der Waals surface area (Å²) in [6.07, 6.45) is 4.44. The van der Waals surface area contributed by atoms with E-state index in [4.69, 9.17) is 55.9 Å². The third-order valence-corrected chi connectivity index (χ3v) is 6.45. The molecule has 1 amide bonds. The number of pyridine rings is 1. The van der Waals surface area contributed by atoms with Gasteiger partial charge in [0.2, 0.25) is 11.8 Å². The molecule has 0 aliphatic heterocycles. The third kappa shape index (κ3) is 5.68. The first-order valence-corrected chi connectivity index (χ1v) is 12.3. The molecule has 3 aromatic heterocycles. The van der Waals surface area contributed by atoms with Crippen LogP contribution in [-0.2, 0) is 4.79 Å². The van der Waals surface area contributed by atoms with E-state index in [-0.39, 0.29) is 5.11 Å². The Morgan fingerprint density at radius 3 is 2.65 bits per heavy atom. The minimum atomic E-state index is -0.449. The smallest absolute Gasteiger partial charge is 0.250 e. The van der Waals surface area contributed by atoms with Crippen molar-refractivity contribution in [2.45, 2.75) is 0 Å². The van der Waals surface area contributed by atoms with E-state index in [0.29, 0.717) is 60.5 Å². The third-order valence-electron chi connectivity index (χ3n) is 5.10. The van der Waals surface area contributed by atoms with Gasteiger partial charge in [0.05, 0.1) is 20.6 Å². The van der Waals surface area contributed by atoms with Crippen molar-refractivity contribution in [3.63, 3.8) is 0 Å². The zero-order chi connectivity index (χ0) is 25.9. The van der Waals surface area contributed by atoms with Crippen molar-refractivity contribution < 1.29 is 13.6 Å². The van der Waals surface area contributed by atoms with Gasteiger partial charge in [-0.2, -0.15) is 4.98 Å². The topological polar surface area (TPSA) is 93.2 Å². The van der Waals surface area contributed by atoms with Crippen LogP contribution in [0, 0.1) is 0 Å². The molecule has 2 N–H and O–H groups in total. The van der Waals surface area contributed by atoms with Crippen molar-refractivity contribution in [1.82, 2.24) is 15.3 Å². The Morgan fingerprint density at radius 2 is 1.81 bits per heavy atom. The number of carbonyl (C=O) groups is 1. The van der Waals surface area contributed by atoms with E-state index in [1.807, 2.05) is 0 Å². The van der Waals surface area contributed by atoms with Crippen LogP contribution in [0.25, 0.3) is 40.1 Å². The maximum absolute atomic E-state index is 12.4. The van der Waals surface area contributed by atoms with E-state index in [1.165, 1.54) is 12.2 Å². The van der Waals surface area contributed by atoms with Crippen molar-refractivity contribution in [3.8, 4) is 22.8 Å². The van der Waals surface area contributed by atoms with Gasteiger partial charge in [-0.15, -0.1) is 0 Å². The lowest BCUT2D eigenvalue weighted by atomic mass is 10.2. The number of hydrogen-bond donors (Lipinski definition) is 2. The summed E-state index contributed by atoms with van der Waals surface area (Å²) in [7, 11) is 0. The standard InChI is InChI=1S/C26H15Cl3N4O3S/c27-18-9-6-14(13-17(18)25-33-24-21(36-25)5-2-12-30-24)31-26(37)32-22(34)11-8-15-7-10-20(35-15)16-3-1-4-19(28)23(16)29/h1-13H,(H2,31,32,34,37). The number of amides is 1. The molecule has 3 heterocycles. The highest BCUT2D eigenvalue weighted by Gasteiger charge is 2.14. The Balaban J connectivity index is 1.23. The monoisotopic (exact) mass is 568 g/mol. The van der Waals surface area contributed by atoms with E-state index in [1.54, 1.807) is 66.9 Å². The Bertz CT molecular complexity index is 1650. The second-order valence-corrected chi connectivity index (χ2v) is 9.22. The molecule has 184 valence electrons. The van der Waals surface area contributed by atoms with Crippen LogP contribution in [-0.4, -0.2) is 21.0 Å². The number of oxazole rings is 1. The molecule has 0 fully saturated rings. The molecule has 0 radical (unpaired) electrons. The SMILES string of the molecule is O=C(C=Cc1ccc(-c2cccc(Cl)c2Cl)o1)NC(=S)Nc1ccc(Cl)c(-c2nc3ncccc3o2)c1. The molecule has 0 aliphatic rings. The fraction of sp³-hybridized carbons (Fsp3) is 0. The summed E-state index contributed by atoms with van der Waals surface area (Å²) in [4.78, 5) is 20.9. The van der Waals surface area contributed by atoms with Crippen LogP contribution in [0.1, 0.15) is 5.76 Å². The molecule has 0 saturated carbocycles. The van der Waals surface area contributed by atoms with Crippen LogP contribution >= 0.6 is 47.0 Å². The fourth-order valence-corrected chi connectivity index (χ4v) is 4.22. The Labute approximate surface area is 231 Å². The van der Waals surface area contributed by atoms with Crippen LogP contribution in [0.15, 0.2) is 81.8 Å². The molecule has 0 unspecified atom stereocenters. The van der Waals surface area contributed by atoms with Gasteiger partial charge < -0.3 is 14.2 Å². The lowest BCUT2D eigenvalue weighted by molar-refractivity contribution is -0.115. The van der Waals surface area contributed by atoms with Gasteiger partial charge in [0.1, 0.15) is 11.5 Å². The van der Waals surface area contributed by atoms with Crippen molar-refractivity contribution in [3.05, 3.63) is 93.8 Å². The van der Waals surface area contributed by atoms with Gasteiger partial charge in [0.15, 0.2) is 16.3 Å². The summed E-state index contributed by atoms with van der Waals surface area (Å²) in [5, 5.41) is 6.87. The summed E-state index contributed by atoms with van der Waals surface area (Å²) in [5.41, 5.74) is 2.80. The van der Waals surface area contributed by atoms with Gasteiger partial charge in [-0.05, 0) is 72.9 Å². The molecular formula is C26H15Cl3N4O3S. The molecule has 7 nitrogen and oxygen atoms in total. The predicted molar refractivity (Wildman–Crippen MR) is 150 cm³/mol. The number of benzene rings is 2. The first kappa shape index (κ1) is 25.0. The Kier molecular flexibility index (Phi) is 7.25. The quantitative estimate of drug-likeness (QED) is 0.166. The van der Waals surface area contributed by atoms with Crippen molar-refractivity contribution in [1.29, 1.82) is 0 Å². The normalized spacial score (nSPS) is 11.2. The summed E-state index contributed by atoms with van der Waals surface area (Å²) in [5.74, 6) is 0.848. The van der Waals surface area contributed by atoms with Gasteiger partial charge in [-0.25, -0.2) is 4.98 Å². The number of halogens is 3. The molecule has 5 aromatic rings. The first-order valence-electron chi connectivity index (χ1n) is 10.7. The number of furan rings is 1. The highest BCUT2D eigenvalue weighted by molar-refractivity contribution is 7.80. The lowest BCUT2D eigenvalue weighted by Gasteiger charge is -2.09. The van der Waals surface area contributed by atoms with Crippen LogP contribution in [0.3, 0.4) is 0 Å². The summed E-state index contributed by atoms with van der Waals surface area (Å²) < 4.78 is 11.5. The van der Waals surface area contributed by atoms with Crippen molar-refractivity contribution in [2.24, 2.45) is 0 Å². The summed E-state index contributed by atoms with van der Waals surface area (Å²) in [6, 6.07) is 17.3. The minimum Gasteiger partial charge on any atom is -0.457 e. The second-order valence-electron chi connectivity index (χ2n) is 7.62. The van der Waals surface area contributed by atoms with Gasteiger partial charge >= 0.3 is 0 Å². The predicted octanol–water partition coefficient (Wildman–Crippen LogP) is 7.64. The fourth-order valence-electron chi connectivity index (χ4n) is 3.41. The molecule has 0 atom stereocenters. The van der Waals surface area contributed by atoms with E-state index in [2.05, 4.69) is 20.6 Å². The number of rotatable bonds is 5. The summed E-state index contributed by atoms with van der Waals surface area (Å²) >= 11 is 23.9. The van der Waals surface area contributed by atoms with Crippen LogP contribution in [0.2, 0.25) is 15.1 Å². The molecule has 0 spiro atoms. The Morgan fingerprint density at radius 1 is 0.946 bits per heavy atom. The molecule has 11 heteroatoms. The number of thiocarbonyl (C=S) groups is 1. The molecule has 5 rings (SSSR count). The highest BCUT2D eigenvalue weighted by Crippen LogP contribution is 2.34. The van der Waals surface area contributed by atoms with Gasteiger partial charge in [-0.1, -0.05) is 40.9 Å². The van der Waals surface area contributed by atoms with Gasteiger partial charge in [0.25, 0.3) is 0 Å². The number of aromatic nitrogens is 2. The van der Waals surface area contributed by atoms with Crippen LogP contribution in [0.5, 0.6) is 0 Å². The molecule has 2 aromatic carbocycles. The van der Waals surface area contributed by atoms with E-state index in [9.17, 15) is 4.79 Å². The van der Waals surface area contributed by atoms with Crippen molar-refractivity contribution >= 4 is 81.0 Å². The summed E-state index contributed by atoms with van der Waals surface area (Å²) in [6.45, 7) is 0. The average Bonchev–Trinajstić information content (AvgIpc) is 3.53. The number of nitrogens with zero attached hydrogens (tertiary/aromatic N) is 2. The zero-order valence-electron chi connectivity index (χ0n) is 18.7. The number of fused-ring (bicyclic) bond motifs is 1. The van der Waals surface area contributed by atoms with Crippen LogP contribution < -0.4 is 10.6 Å². The van der Waals surface area contributed by atoms with E-state index >= 15 is 0 Å². The second kappa shape index (κ2) is 10.7. The maximum atomic E-state index is 12.4. The van der Waals surface area contributed by atoms with Gasteiger partial charge in [0, 0.05) is 23.5 Å². The van der Waals surface area contributed by atoms with Crippen molar-refractivity contribution in [2.75, 3.05) is 5.32 Å². The number of carbonyl (C=O) groups excluding carboxylic acids is 1. The molecule has 0 aliphatic carbocycles. The molecule has 0 bridgehead atoms. The highest BCUT2D eigenvalue weighted by atomic mass is 35.5. The first-order chi connectivity index (χ1) is 17.9. The number of hydrogen-bond acceptors (Lipinski definition) is 6. The molecule has 0 saturated heterocycles. The lowest BCUT2D eigenvalue weighted by Crippen LogP contribution is -2.32. The van der Waals surface area contributed by atoms with Crippen LogP contribution in [0.4, 0.5) is 5.69 Å². The number of anilines is 1. The number of nitrogens with one attached hydrogen (secondary N) is 2. The van der Waals surface area contributed by atoms with E-state index < -0.39 is 5.91 Å². The minimum absolute atomic E-state index is 0.0907. The Hall–Kier alpha value is -3.69.